The Bertz CT molecular complexity index is 706. The zero-order valence-electron chi connectivity index (χ0n) is 13.3. The summed E-state index contributed by atoms with van der Waals surface area (Å²) in [4.78, 5) is 20.6. The fourth-order valence-corrected chi connectivity index (χ4v) is 2.22. The van der Waals surface area contributed by atoms with Gasteiger partial charge in [-0.1, -0.05) is 15.9 Å². The third-order valence-corrected chi connectivity index (χ3v) is 3.98. The van der Waals surface area contributed by atoms with Crippen LogP contribution in [0.25, 0.3) is 0 Å². The topological polar surface area (TPSA) is 76.1 Å². The minimum absolute atomic E-state index is 0.248. The molecule has 0 aliphatic heterocycles. The number of hydrogen-bond donors (Lipinski definition) is 2. The maximum atomic E-state index is 12.1. The smallest absolute Gasteiger partial charge is 0.270 e. The first-order valence-electron chi connectivity index (χ1n) is 7.15. The van der Waals surface area contributed by atoms with Gasteiger partial charge >= 0.3 is 0 Å². The molecule has 0 aliphatic rings. The van der Waals surface area contributed by atoms with E-state index in [1.165, 1.54) is 0 Å². The molecule has 0 spiro atoms. The molecule has 1 aromatic heterocycles. The van der Waals surface area contributed by atoms with Gasteiger partial charge in [-0.3, -0.25) is 4.79 Å². The van der Waals surface area contributed by atoms with Crippen LogP contribution in [0.1, 0.15) is 21.9 Å². The monoisotopic (exact) mass is 378 g/mol. The maximum Gasteiger partial charge on any atom is 0.270 e. The third-order valence-electron chi connectivity index (χ3n) is 3.09. The second kappa shape index (κ2) is 8.03. The van der Waals surface area contributed by atoms with Crippen LogP contribution in [-0.4, -0.2) is 36.1 Å². The summed E-state index contributed by atoms with van der Waals surface area (Å²) in [7, 11) is 1.59. The first-order chi connectivity index (χ1) is 11.0. The quantitative estimate of drug-likeness (QED) is 0.755. The molecule has 23 heavy (non-hydrogen) atoms. The zero-order chi connectivity index (χ0) is 16.8. The Balaban J connectivity index is 2.16. The fraction of sp³-hybridized carbons (Fsp3) is 0.312. The Labute approximate surface area is 143 Å². The normalized spacial score (nSPS) is 10.4. The van der Waals surface area contributed by atoms with E-state index in [-0.39, 0.29) is 5.91 Å². The molecule has 2 N–H and O–H groups in total. The molecular weight excluding hydrogens is 360 g/mol. The second-order valence-electron chi connectivity index (χ2n) is 5.02. The van der Waals surface area contributed by atoms with Crippen molar-refractivity contribution in [3.8, 4) is 0 Å². The van der Waals surface area contributed by atoms with Crippen molar-refractivity contribution in [1.29, 1.82) is 0 Å². The number of methoxy groups -OCH3 is 1. The second-order valence-corrected chi connectivity index (χ2v) is 5.88. The summed E-state index contributed by atoms with van der Waals surface area (Å²) >= 11 is 3.47. The SMILES string of the molecule is COCCNC(=O)c1cc(Nc2ccc(Br)c(C)c2)nc(C)n1. The highest BCUT2D eigenvalue weighted by Crippen LogP contribution is 2.22. The van der Waals surface area contributed by atoms with Crippen LogP contribution in [0.3, 0.4) is 0 Å². The van der Waals surface area contributed by atoms with Crippen LogP contribution in [0.4, 0.5) is 11.5 Å². The maximum absolute atomic E-state index is 12.1. The Morgan fingerprint density at radius 2 is 2.04 bits per heavy atom. The van der Waals surface area contributed by atoms with Crippen LogP contribution >= 0.6 is 15.9 Å². The number of anilines is 2. The molecule has 0 saturated heterocycles. The highest BCUT2D eigenvalue weighted by molar-refractivity contribution is 9.10. The average Bonchev–Trinajstić information content (AvgIpc) is 2.50. The number of aromatic nitrogens is 2. The first kappa shape index (κ1) is 17.4. The summed E-state index contributed by atoms with van der Waals surface area (Å²) in [6.07, 6.45) is 0. The van der Waals surface area contributed by atoms with Gasteiger partial charge in [-0.15, -0.1) is 0 Å². The number of aryl methyl sites for hydroxylation is 2. The van der Waals surface area contributed by atoms with Gasteiger partial charge in [0.2, 0.25) is 0 Å². The van der Waals surface area contributed by atoms with Crippen molar-refractivity contribution in [2.45, 2.75) is 13.8 Å². The Morgan fingerprint density at radius 3 is 2.74 bits per heavy atom. The fourth-order valence-electron chi connectivity index (χ4n) is 1.98. The van der Waals surface area contributed by atoms with E-state index in [1.807, 2.05) is 25.1 Å². The van der Waals surface area contributed by atoms with Crippen molar-refractivity contribution in [2.75, 3.05) is 25.6 Å². The van der Waals surface area contributed by atoms with E-state index in [0.717, 1.165) is 15.7 Å². The lowest BCUT2D eigenvalue weighted by Gasteiger charge is -2.10. The van der Waals surface area contributed by atoms with Gasteiger partial charge < -0.3 is 15.4 Å². The zero-order valence-corrected chi connectivity index (χ0v) is 14.9. The predicted octanol–water partition coefficient (Wildman–Crippen LogP) is 2.98. The molecule has 122 valence electrons. The predicted molar refractivity (Wildman–Crippen MR) is 93.1 cm³/mol. The molecule has 0 unspecified atom stereocenters. The molecule has 2 aromatic rings. The highest BCUT2D eigenvalue weighted by Gasteiger charge is 2.10. The highest BCUT2D eigenvalue weighted by atomic mass is 79.9. The lowest BCUT2D eigenvalue weighted by molar-refractivity contribution is 0.0932. The summed E-state index contributed by atoms with van der Waals surface area (Å²) in [5.41, 5.74) is 2.33. The number of carbonyl (C=O) groups excluding carboxylic acids is 1. The van der Waals surface area contributed by atoms with E-state index in [2.05, 4.69) is 36.5 Å². The van der Waals surface area contributed by atoms with Gasteiger partial charge in [0.25, 0.3) is 5.91 Å². The summed E-state index contributed by atoms with van der Waals surface area (Å²) in [6.45, 7) is 4.66. The number of carbonyl (C=O) groups is 1. The largest absolute Gasteiger partial charge is 0.383 e. The number of rotatable bonds is 6. The summed E-state index contributed by atoms with van der Waals surface area (Å²) in [5, 5.41) is 5.95. The molecule has 6 nitrogen and oxygen atoms in total. The van der Waals surface area contributed by atoms with Gasteiger partial charge in [0.05, 0.1) is 6.61 Å². The molecule has 1 heterocycles. The van der Waals surface area contributed by atoms with Gasteiger partial charge in [-0.25, -0.2) is 9.97 Å². The molecule has 0 bridgehead atoms. The molecular formula is C16H19BrN4O2. The third kappa shape index (κ3) is 5.01. The van der Waals surface area contributed by atoms with Crippen molar-refractivity contribution in [2.24, 2.45) is 0 Å². The van der Waals surface area contributed by atoms with Crippen molar-refractivity contribution in [1.82, 2.24) is 15.3 Å². The molecule has 1 aromatic carbocycles. The van der Waals surface area contributed by atoms with Crippen LogP contribution in [0.2, 0.25) is 0 Å². The van der Waals surface area contributed by atoms with E-state index in [4.69, 9.17) is 4.74 Å². The Morgan fingerprint density at radius 1 is 1.26 bits per heavy atom. The Hall–Kier alpha value is -1.99. The molecule has 0 atom stereocenters. The van der Waals surface area contributed by atoms with E-state index in [0.29, 0.717) is 30.5 Å². The average molecular weight is 379 g/mol. The van der Waals surface area contributed by atoms with Gasteiger partial charge in [-0.2, -0.15) is 0 Å². The standard InChI is InChI=1S/C16H19BrN4O2/c1-10-8-12(4-5-13(10)17)21-15-9-14(19-11(2)20-15)16(22)18-6-7-23-3/h4-5,8-9H,6-7H2,1-3H3,(H,18,22)(H,19,20,21). The van der Waals surface area contributed by atoms with Crippen LogP contribution in [0.5, 0.6) is 0 Å². The van der Waals surface area contributed by atoms with E-state index < -0.39 is 0 Å². The van der Waals surface area contributed by atoms with Crippen molar-refractivity contribution < 1.29 is 9.53 Å². The van der Waals surface area contributed by atoms with Crippen molar-refractivity contribution in [3.63, 3.8) is 0 Å². The number of nitrogens with zero attached hydrogens (tertiary/aromatic N) is 2. The lowest BCUT2D eigenvalue weighted by Crippen LogP contribution is -2.28. The minimum atomic E-state index is -0.248. The van der Waals surface area contributed by atoms with Crippen molar-refractivity contribution >= 4 is 33.3 Å². The van der Waals surface area contributed by atoms with E-state index >= 15 is 0 Å². The Kier molecular flexibility index (Phi) is 6.06. The lowest BCUT2D eigenvalue weighted by atomic mass is 10.2. The number of amides is 1. The molecule has 0 fully saturated rings. The number of nitrogens with one attached hydrogen (secondary N) is 2. The number of benzene rings is 1. The van der Waals surface area contributed by atoms with Crippen LogP contribution in [0, 0.1) is 13.8 Å². The molecule has 1 amide bonds. The van der Waals surface area contributed by atoms with E-state index in [1.54, 1.807) is 20.1 Å². The number of halogens is 1. The summed E-state index contributed by atoms with van der Waals surface area (Å²) in [5.74, 6) is 0.861. The van der Waals surface area contributed by atoms with Crippen LogP contribution in [-0.2, 0) is 4.74 Å². The van der Waals surface area contributed by atoms with E-state index in [9.17, 15) is 4.79 Å². The van der Waals surface area contributed by atoms with Crippen molar-refractivity contribution in [3.05, 3.63) is 45.8 Å². The molecule has 0 radical (unpaired) electrons. The van der Waals surface area contributed by atoms with Crippen LogP contribution < -0.4 is 10.6 Å². The van der Waals surface area contributed by atoms with Gasteiger partial charge in [0.1, 0.15) is 17.3 Å². The summed E-state index contributed by atoms with van der Waals surface area (Å²) < 4.78 is 5.95. The molecule has 0 aliphatic carbocycles. The molecule has 0 saturated carbocycles. The summed E-state index contributed by atoms with van der Waals surface area (Å²) in [6, 6.07) is 7.53. The minimum Gasteiger partial charge on any atom is -0.383 e. The van der Waals surface area contributed by atoms with Crippen LogP contribution in [0.15, 0.2) is 28.7 Å². The van der Waals surface area contributed by atoms with Gasteiger partial charge in [0, 0.05) is 29.9 Å². The molecule has 7 heteroatoms. The first-order valence-corrected chi connectivity index (χ1v) is 7.95. The molecule has 2 rings (SSSR count). The number of ether oxygens (including phenoxy) is 1. The number of hydrogen-bond acceptors (Lipinski definition) is 5. The van der Waals surface area contributed by atoms with Gasteiger partial charge in [-0.05, 0) is 37.6 Å². The van der Waals surface area contributed by atoms with Gasteiger partial charge in [0.15, 0.2) is 0 Å².